The number of halogens is 1. The second kappa shape index (κ2) is 6.99. The molecule has 0 radical (unpaired) electrons. The smallest absolute Gasteiger partial charge is 0.248 e. The fourth-order valence-corrected chi connectivity index (χ4v) is 2.18. The number of hydrogen-bond donors (Lipinski definition) is 1. The monoisotopic (exact) mass is 305 g/mol. The predicted octanol–water partition coefficient (Wildman–Crippen LogP) is 3.62. The number of benzene rings is 2. The van der Waals surface area contributed by atoms with Gasteiger partial charge in [-0.05, 0) is 29.3 Å². The lowest BCUT2D eigenvalue weighted by Crippen LogP contribution is -2.17. The summed E-state index contributed by atoms with van der Waals surface area (Å²) in [6.45, 7) is 0. The number of hydrogen-bond acceptors (Lipinski definition) is 4. The Balaban J connectivity index is 2.35. The van der Waals surface area contributed by atoms with Crippen LogP contribution in [0, 0.1) is 0 Å². The van der Waals surface area contributed by atoms with Gasteiger partial charge in [0.15, 0.2) is 0 Å². The molecule has 0 heterocycles. The molecule has 0 amide bonds. The molecule has 0 saturated carbocycles. The van der Waals surface area contributed by atoms with Crippen molar-refractivity contribution in [2.75, 3.05) is 19.5 Å². The van der Waals surface area contributed by atoms with E-state index in [2.05, 4.69) is 5.32 Å². The van der Waals surface area contributed by atoms with Crippen LogP contribution < -0.4 is 14.8 Å². The van der Waals surface area contributed by atoms with Crippen molar-refractivity contribution in [2.45, 2.75) is 6.04 Å². The van der Waals surface area contributed by atoms with E-state index in [9.17, 15) is 4.79 Å². The maximum atomic E-state index is 11.7. The Hall–Kier alpha value is -2.20. The zero-order chi connectivity index (χ0) is 15.2. The molecule has 1 N–H and O–H groups in total. The molecule has 5 heteroatoms. The Kier molecular flexibility index (Phi) is 5.06. The maximum Gasteiger partial charge on any atom is 0.248 e. The molecule has 0 aliphatic carbocycles. The highest BCUT2D eigenvalue weighted by Gasteiger charge is 2.20. The molecule has 0 aliphatic rings. The second-order valence-corrected chi connectivity index (χ2v) is 4.73. The summed E-state index contributed by atoms with van der Waals surface area (Å²) in [7, 11) is 3.14. The van der Waals surface area contributed by atoms with Gasteiger partial charge in [0.25, 0.3) is 0 Å². The van der Waals surface area contributed by atoms with Crippen molar-refractivity contribution in [2.24, 2.45) is 0 Å². The molecular formula is C16H16ClNO3. The zero-order valence-corrected chi connectivity index (χ0v) is 12.6. The van der Waals surface area contributed by atoms with E-state index in [-0.39, 0.29) is 0 Å². The number of ether oxygens (including phenoxy) is 2. The van der Waals surface area contributed by atoms with Crippen LogP contribution in [-0.4, -0.2) is 19.5 Å². The molecule has 0 saturated heterocycles. The summed E-state index contributed by atoms with van der Waals surface area (Å²) in [5, 5.41) is 2.61. The van der Waals surface area contributed by atoms with Crippen LogP contribution in [0.4, 0.5) is 5.69 Å². The molecule has 110 valence electrons. The van der Waals surface area contributed by atoms with Crippen LogP contribution in [0.15, 0.2) is 48.5 Å². The van der Waals surface area contributed by atoms with Gasteiger partial charge in [-0.2, -0.15) is 0 Å². The van der Waals surface area contributed by atoms with Crippen LogP contribution in [0.25, 0.3) is 0 Å². The predicted molar refractivity (Wildman–Crippen MR) is 83.2 cm³/mol. The summed E-state index contributed by atoms with van der Waals surface area (Å²) in [6, 6.07) is 13.9. The minimum absolute atomic E-state index is 0.494. The number of carbonyl (C=O) groups is 1. The first kappa shape index (κ1) is 15.2. The van der Waals surface area contributed by atoms with E-state index in [0.717, 1.165) is 5.56 Å². The summed E-state index contributed by atoms with van der Waals surface area (Å²) in [4.78, 5) is 11.7. The fraction of sp³-hybridized carbons (Fsp3) is 0.188. The van der Waals surface area contributed by atoms with E-state index in [0.29, 0.717) is 17.2 Å². The van der Waals surface area contributed by atoms with Crippen LogP contribution in [-0.2, 0) is 4.79 Å². The van der Waals surface area contributed by atoms with Crippen molar-refractivity contribution >= 4 is 22.5 Å². The molecular weight excluding hydrogens is 290 g/mol. The number of nitrogens with one attached hydrogen (secondary N) is 1. The lowest BCUT2D eigenvalue weighted by molar-refractivity contribution is -0.112. The summed E-state index contributed by atoms with van der Waals surface area (Å²) in [5.41, 5.74) is 1.42. The molecule has 1 atom stereocenters. The van der Waals surface area contributed by atoms with Gasteiger partial charge in [-0.3, -0.25) is 4.79 Å². The first-order chi connectivity index (χ1) is 10.2. The van der Waals surface area contributed by atoms with Crippen molar-refractivity contribution in [3.8, 4) is 11.5 Å². The standard InChI is InChI=1S/C16H16ClNO3/c1-20-12-8-9-14(21-2)13(10-12)18-15(16(17)19)11-6-4-3-5-7-11/h3-10,15,18H,1-2H3. The molecule has 2 aromatic carbocycles. The summed E-state index contributed by atoms with van der Waals surface area (Å²) in [6.07, 6.45) is 0. The largest absolute Gasteiger partial charge is 0.497 e. The van der Waals surface area contributed by atoms with Gasteiger partial charge in [-0.15, -0.1) is 0 Å². The summed E-state index contributed by atoms with van der Waals surface area (Å²) < 4.78 is 10.5. The SMILES string of the molecule is COc1ccc(OC)c(NC(C(=O)Cl)c2ccccc2)c1. The van der Waals surface area contributed by atoms with Gasteiger partial charge in [-0.25, -0.2) is 0 Å². The quantitative estimate of drug-likeness (QED) is 0.828. The van der Waals surface area contributed by atoms with Crippen molar-refractivity contribution in [1.82, 2.24) is 0 Å². The second-order valence-electron chi connectivity index (χ2n) is 4.36. The van der Waals surface area contributed by atoms with E-state index < -0.39 is 11.3 Å². The Morgan fingerprint density at radius 1 is 1.10 bits per heavy atom. The molecule has 2 aromatic rings. The average molecular weight is 306 g/mol. The topological polar surface area (TPSA) is 47.6 Å². The third-order valence-electron chi connectivity index (χ3n) is 3.07. The summed E-state index contributed by atoms with van der Waals surface area (Å²) >= 11 is 5.72. The van der Waals surface area contributed by atoms with Gasteiger partial charge in [-0.1, -0.05) is 30.3 Å². The molecule has 0 aliphatic heterocycles. The van der Waals surface area contributed by atoms with E-state index in [1.165, 1.54) is 0 Å². The minimum atomic E-state index is -0.658. The van der Waals surface area contributed by atoms with Crippen molar-refractivity contribution < 1.29 is 14.3 Å². The Morgan fingerprint density at radius 3 is 2.38 bits per heavy atom. The highest BCUT2D eigenvalue weighted by Crippen LogP contribution is 2.32. The van der Waals surface area contributed by atoms with Gasteiger partial charge >= 0.3 is 0 Å². The molecule has 0 spiro atoms. The summed E-state index contributed by atoms with van der Waals surface area (Å²) in [5.74, 6) is 1.27. The Bertz CT molecular complexity index is 616. The van der Waals surface area contributed by atoms with E-state index in [4.69, 9.17) is 21.1 Å². The average Bonchev–Trinajstić information content (AvgIpc) is 2.52. The van der Waals surface area contributed by atoms with Gasteiger partial charge in [0.05, 0.1) is 19.9 Å². The van der Waals surface area contributed by atoms with Gasteiger partial charge < -0.3 is 14.8 Å². The van der Waals surface area contributed by atoms with Crippen LogP contribution in [0.2, 0.25) is 0 Å². The maximum absolute atomic E-state index is 11.7. The number of methoxy groups -OCH3 is 2. The minimum Gasteiger partial charge on any atom is -0.497 e. The van der Waals surface area contributed by atoms with E-state index in [1.807, 2.05) is 30.3 Å². The highest BCUT2D eigenvalue weighted by atomic mass is 35.5. The Morgan fingerprint density at radius 2 is 1.81 bits per heavy atom. The van der Waals surface area contributed by atoms with Crippen molar-refractivity contribution in [3.63, 3.8) is 0 Å². The molecule has 1 unspecified atom stereocenters. The molecule has 0 aromatic heterocycles. The lowest BCUT2D eigenvalue weighted by Gasteiger charge is -2.19. The zero-order valence-electron chi connectivity index (χ0n) is 11.8. The van der Waals surface area contributed by atoms with Crippen LogP contribution >= 0.6 is 11.6 Å². The van der Waals surface area contributed by atoms with Crippen molar-refractivity contribution in [3.05, 3.63) is 54.1 Å². The van der Waals surface area contributed by atoms with Gasteiger partial charge in [0.1, 0.15) is 17.5 Å². The van der Waals surface area contributed by atoms with Crippen LogP contribution in [0.3, 0.4) is 0 Å². The van der Waals surface area contributed by atoms with Gasteiger partial charge in [0.2, 0.25) is 5.24 Å². The molecule has 2 rings (SSSR count). The van der Waals surface area contributed by atoms with E-state index in [1.54, 1.807) is 32.4 Å². The fourth-order valence-electron chi connectivity index (χ4n) is 2.00. The first-order valence-corrected chi connectivity index (χ1v) is 6.76. The molecule has 0 fully saturated rings. The highest BCUT2D eigenvalue weighted by molar-refractivity contribution is 6.64. The first-order valence-electron chi connectivity index (χ1n) is 6.38. The third kappa shape index (κ3) is 3.67. The number of rotatable bonds is 6. The van der Waals surface area contributed by atoms with Crippen LogP contribution in [0.1, 0.15) is 11.6 Å². The molecule has 0 bridgehead atoms. The van der Waals surface area contributed by atoms with Crippen molar-refractivity contribution in [1.29, 1.82) is 0 Å². The molecule has 4 nitrogen and oxygen atoms in total. The molecule has 21 heavy (non-hydrogen) atoms. The normalized spacial score (nSPS) is 11.6. The van der Waals surface area contributed by atoms with Crippen LogP contribution in [0.5, 0.6) is 11.5 Å². The number of carbonyl (C=O) groups excluding carboxylic acids is 1. The third-order valence-corrected chi connectivity index (χ3v) is 3.28. The lowest BCUT2D eigenvalue weighted by atomic mass is 10.1. The Labute approximate surface area is 128 Å². The van der Waals surface area contributed by atoms with Gasteiger partial charge in [0, 0.05) is 6.07 Å². The van der Waals surface area contributed by atoms with E-state index >= 15 is 0 Å². The number of anilines is 1.